The summed E-state index contributed by atoms with van der Waals surface area (Å²) in [5.41, 5.74) is 6.67. The van der Waals surface area contributed by atoms with E-state index < -0.39 is 4.92 Å². The minimum absolute atomic E-state index is 0.0831. The zero-order valence-corrected chi connectivity index (χ0v) is 12.7. The molecule has 0 fully saturated rings. The Kier molecular flexibility index (Phi) is 4.32. The van der Waals surface area contributed by atoms with Crippen LogP contribution in [0.3, 0.4) is 0 Å². The van der Waals surface area contributed by atoms with Gasteiger partial charge in [-0.25, -0.2) is 4.68 Å². The van der Waals surface area contributed by atoms with Crippen molar-refractivity contribution in [3.8, 4) is 5.82 Å². The number of nitrogens with two attached hydrogens (primary N) is 1. The highest BCUT2D eigenvalue weighted by Gasteiger charge is 2.07. The molecule has 2 aromatic heterocycles. The second-order valence-electron chi connectivity index (χ2n) is 5.02. The van der Waals surface area contributed by atoms with E-state index in [1.807, 2.05) is 6.07 Å². The molecule has 9 heteroatoms. The van der Waals surface area contributed by atoms with Crippen LogP contribution >= 0.6 is 0 Å². The van der Waals surface area contributed by atoms with Gasteiger partial charge in [-0.1, -0.05) is 12.1 Å². The van der Waals surface area contributed by atoms with Crippen LogP contribution in [0.5, 0.6) is 0 Å². The summed E-state index contributed by atoms with van der Waals surface area (Å²) in [6.07, 6.45) is 4.02. The van der Waals surface area contributed by atoms with Crippen LogP contribution in [0.15, 0.2) is 48.8 Å². The Bertz CT molecular complexity index is 849. The van der Waals surface area contributed by atoms with Crippen LogP contribution in [0.2, 0.25) is 0 Å². The maximum absolute atomic E-state index is 10.8. The Morgan fingerprint density at radius 3 is 2.88 bits per heavy atom. The third kappa shape index (κ3) is 3.64. The number of nitro groups is 1. The van der Waals surface area contributed by atoms with Crippen LogP contribution in [0.1, 0.15) is 5.56 Å². The summed E-state index contributed by atoms with van der Waals surface area (Å²) < 4.78 is 1.59. The lowest BCUT2D eigenvalue weighted by Crippen LogP contribution is -2.10. The highest BCUT2D eigenvalue weighted by Crippen LogP contribution is 2.15. The molecule has 0 aliphatic rings. The van der Waals surface area contributed by atoms with Crippen LogP contribution in [-0.4, -0.2) is 31.2 Å². The van der Waals surface area contributed by atoms with Crippen molar-refractivity contribution in [2.45, 2.75) is 6.42 Å². The van der Waals surface area contributed by atoms with Gasteiger partial charge in [0, 0.05) is 37.1 Å². The summed E-state index contributed by atoms with van der Waals surface area (Å²) in [4.78, 5) is 18.6. The number of nitrogens with one attached hydrogen (secondary N) is 1. The van der Waals surface area contributed by atoms with E-state index in [1.165, 1.54) is 6.07 Å². The van der Waals surface area contributed by atoms with Gasteiger partial charge >= 0.3 is 0 Å². The Labute approximate surface area is 137 Å². The van der Waals surface area contributed by atoms with Crippen molar-refractivity contribution in [3.63, 3.8) is 0 Å². The van der Waals surface area contributed by atoms with Crippen LogP contribution in [0.4, 0.5) is 17.5 Å². The van der Waals surface area contributed by atoms with Gasteiger partial charge in [-0.15, -0.1) is 0 Å². The number of non-ortho nitro benzene ring substituents is 1. The van der Waals surface area contributed by atoms with Gasteiger partial charge in [-0.2, -0.15) is 15.1 Å². The zero-order valence-electron chi connectivity index (χ0n) is 12.7. The second-order valence-corrected chi connectivity index (χ2v) is 5.02. The van der Waals surface area contributed by atoms with Gasteiger partial charge in [0.05, 0.1) is 4.92 Å². The molecule has 0 aliphatic carbocycles. The molecule has 0 aliphatic heterocycles. The fourth-order valence-corrected chi connectivity index (χ4v) is 2.23. The van der Waals surface area contributed by atoms with Crippen LogP contribution in [-0.2, 0) is 6.42 Å². The van der Waals surface area contributed by atoms with Crippen LogP contribution < -0.4 is 11.1 Å². The molecule has 0 atom stereocenters. The molecule has 0 saturated carbocycles. The lowest BCUT2D eigenvalue weighted by atomic mass is 10.1. The van der Waals surface area contributed by atoms with Crippen LogP contribution in [0.25, 0.3) is 5.82 Å². The van der Waals surface area contributed by atoms with E-state index in [4.69, 9.17) is 5.73 Å². The first-order valence-corrected chi connectivity index (χ1v) is 7.23. The molecular formula is C15H15N7O2. The summed E-state index contributed by atoms with van der Waals surface area (Å²) in [5, 5.41) is 18.0. The molecule has 1 aromatic carbocycles. The highest BCUT2D eigenvalue weighted by atomic mass is 16.6. The summed E-state index contributed by atoms with van der Waals surface area (Å²) in [6, 6.07) is 10.1. The van der Waals surface area contributed by atoms with E-state index in [0.29, 0.717) is 24.6 Å². The summed E-state index contributed by atoms with van der Waals surface area (Å²) in [5.74, 6) is 1.27. The number of nitro benzene ring substituents is 1. The average Bonchev–Trinajstić information content (AvgIpc) is 3.09. The third-order valence-corrected chi connectivity index (χ3v) is 3.31. The Morgan fingerprint density at radius 2 is 2.12 bits per heavy atom. The lowest BCUT2D eigenvalue weighted by molar-refractivity contribution is -0.384. The van der Waals surface area contributed by atoms with E-state index in [9.17, 15) is 10.1 Å². The van der Waals surface area contributed by atoms with Gasteiger partial charge < -0.3 is 11.1 Å². The number of nitrogens with zero attached hydrogens (tertiary/aromatic N) is 5. The minimum atomic E-state index is -0.404. The molecule has 0 spiro atoms. The normalized spacial score (nSPS) is 10.5. The highest BCUT2D eigenvalue weighted by molar-refractivity contribution is 5.45. The number of aromatic nitrogens is 4. The van der Waals surface area contributed by atoms with E-state index >= 15 is 0 Å². The second kappa shape index (κ2) is 6.73. The average molecular weight is 325 g/mol. The summed E-state index contributed by atoms with van der Waals surface area (Å²) >= 11 is 0. The first-order chi connectivity index (χ1) is 11.6. The Morgan fingerprint density at radius 1 is 1.25 bits per heavy atom. The smallest absolute Gasteiger partial charge is 0.269 e. The third-order valence-electron chi connectivity index (χ3n) is 3.31. The van der Waals surface area contributed by atoms with Crippen molar-refractivity contribution in [1.82, 2.24) is 19.7 Å². The Balaban J connectivity index is 1.67. The molecule has 9 nitrogen and oxygen atoms in total. The molecule has 0 bridgehead atoms. The maximum Gasteiger partial charge on any atom is 0.269 e. The van der Waals surface area contributed by atoms with Gasteiger partial charge in [0.2, 0.25) is 5.95 Å². The van der Waals surface area contributed by atoms with Crippen molar-refractivity contribution in [1.29, 1.82) is 0 Å². The quantitative estimate of drug-likeness (QED) is 0.523. The van der Waals surface area contributed by atoms with Crippen molar-refractivity contribution >= 4 is 17.5 Å². The first-order valence-electron chi connectivity index (χ1n) is 7.23. The summed E-state index contributed by atoms with van der Waals surface area (Å²) in [7, 11) is 0. The number of nitrogen functional groups attached to an aromatic ring is 1. The van der Waals surface area contributed by atoms with Gasteiger partial charge in [-0.3, -0.25) is 10.1 Å². The number of rotatable bonds is 6. The molecule has 0 amide bonds. The predicted octanol–water partition coefficient (Wildman–Crippen LogP) is 1.81. The summed E-state index contributed by atoms with van der Waals surface area (Å²) in [6.45, 7) is 0.552. The van der Waals surface area contributed by atoms with E-state index in [0.717, 1.165) is 5.56 Å². The number of hydrogen-bond acceptors (Lipinski definition) is 7. The molecule has 3 N–H and O–H groups in total. The molecule has 3 aromatic rings. The fourth-order valence-electron chi connectivity index (χ4n) is 2.23. The largest absolute Gasteiger partial charge is 0.370 e. The Hall–Kier alpha value is -3.49. The fraction of sp³-hybridized carbons (Fsp3) is 0.133. The zero-order chi connectivity index (χ0) is 16.9. The molecule has 122 valence electrons. The van der Waals surface area contributed by atoms with E-state index in [-0.39, 0.29) is 11.6 Å². The van der Waals surface area contributed by atoms with Gasteiger partial charge in [-0.05, 0) is 18.1 Å². The van der Waals surface area contributed by atoms with Crippen molar-refractivity contribution in [2.75, 3.05) is 17.6 Å². The number of anilines is 2. The molecule has 0 unspecified atom stereocenters. The number of benzene rings is 1. The molecule has 24 heavy (non-hydrogen) atoms. The number of hydrogen-bond donors (Lipinski definition) is 2. The van der Waals surface area contributed by atoms with Gasteiger partial charge in [0.25, 0.3) is 5.69 Å². The SMILES string of the molecule is Nc1nc(NCCc2cccc([N+](=O)[O-])c2)cc(-n2cccn2)n1. The van der Waals surface area contributed by atoms with E-state index in [1.54, 1.807) is 41.3 Å². The standard InChI is InChI=1S/C15H15N7O2/c16-15-19-13(10-14(20-15)21-8-2-6-18-21)17-7-5-11-3-1-4-12(9-11)22(23)24/h1-4,6,8-10H,5,7H2,(H3,16,17,19,20). The lowest BCUT2D eigenvalue weighted by Gasteiger charge is -2.08. The van der Waals surface area contributed by atoms with Gasteiger partial charge in [0.1, 0.15) is 5.82 Å². The van der Waals surface area contributed by atoms with Gasteiger partial charge in [0.15, 0.2) is 5.82 Å². The maximum atomic E-state index is 10.8. The first kappa shape index (κ1) is 15.4. The van der Waals surface area contributed by atoms with Crippen molar-refractivity contribution < 1.29 is 4.92 Å². The molecular weight excluding hydrogens is 310 g/mol. The minimum Gasteiger partial charge on any atom is -0.370 e. The van der Waals surface area contributed by atoms with Crippen molar-refractivity contribution in [2.24, 2.45) is 0 Å². The molecule has 3 rings (SSSR count). The van der Waals surface area contributed by atoms with E-state index in [2.05, 4.69) is 20.4 Å². The monoisotopic (exact) mass is 325 g/mol. The van der Waals surface area contributed by atoms with Crippen molar-refractivity contribution in [3.05, 3.63) is 64.5 Å². The molecule has 2 heterocycles. The van der Waals surface area contributed by atoms with Crippen LogP contribution in [0, 0.1) is 10.1 Å². The molecule has 0 saturated heterocycles. The predicted molar refractivity (Wildman–Crippen MR) is 88.9 cm³/mol. The molecule has 0 radical (unpaired) electrons. The topological polar surface area (TPSA) is 125 Å².